The molecule has 0 aliphatic carbocycles. The van der Waals surface area contributed by atoms with Gasteiger partial charge in [0.2, 0.25) is 0 Å². The van der Waals surface area contributed by atoms with E-state index in [0.29, 0.717) is 22.5 Å². The van der Waals surface area contributed by atoms with Crippen molar-refractivity contribution in [2.75, 3.05) is 0 Å². The molecule has 9 heteroatoms. The van der Waals surface area contributed by atoms with Crippen LogP contribution in [0.15, 0.2) is 29.8 Å². The van der Waals surface area contributed by atoms with Gasteiger partial charge in [-0.15, -0.1) is 0 Å². The van der Waals surface area contributed by atoms with Crippen molar-refractivity contribution in [3.05, 3.63) is 62.5 Å². The van der Waals surface area contributed by atoms with Gasteiger partial charge in [-0.25, -0.2) is 4.79 Å². The fraction of sp³-hybridized carbons (Fsp3) is 0.167. The number of amides is 4. The van der Waals surface area contributed by atoms with Gasteiger partial charge in [0.1, 0.15) is 5.57 Å². The summed E-state index contributed by atoms with van der Waals surface area (Å²) in [6, 6.07) is 5.80. The van der Waals surface area contributed by atoms with E-state index in [1.165, 1.54) is 12.1 Å². The highest BCUT2D eigenvalue weighted by atomic mass is 16.6. The molecule has 1 aromatic carbocycles. The number of rotatable bonds is 3. The van der Waals surface area contributed by atoms with Crippen molar-refractivity contribution in [3.63, 3.8) is 0 Å². The summed E-state index contributed by atoms with van der Waals surface area (Å²) in [7, 11) is 0. The van der Waals surface area contributed by atoms with Crippen molar-refractivity contribution in [3.8, 4) is 5.69 Å². The summed E-state index contributed by atoms with van der Waals surface area (Å²) in [6.07, 6.45) is 1.39. The Morgan fingerprint density at radius 2 is 1.67 bits per heavy atom. The number of urea groups is 1. The van der Waals surface area contributed by atoms with Gasteiger partial charge in [0.15, 0.2) is 0 Å². The van der Waals surface area contributed by atoms with Gasteiger partial charge in [0, 0.05) is 23.0 Å². The molecule has 0 atom stereocenters. The van der Waals surface area contributed by atoms with E-state index in [2.05, 4.69) is 0 Å². The Hall–Kier alpha value is -3.75. The third kappa shape index (κ3) is 3.22. The van der Waals surface area contributed by atoms with Gasteiger partial charge in [0.25, 0.3) is 17.5 Å². The molecule has 2 aromatic rings. The molecule has 0 saturated carbocycles. The Kier molecular flexibility index (Phi) is 4.36. The Bertz CT molecular complexity index is 1030. The summed E-state index contributed by atoms with van der Waals surface area (Å²) in [5, 5.41) is 15.2. The molecular formula is C18H16N4O5. The van der Waals surface area contributed by atoms with Gasteiger partial charge in [-0.05, 0) is 44.5 Å². The van der Waals surface area contributed by atoms with E-state index in [-0.39, 0.29) is 11.3 Å². The molecule has 0 spiro atoms. The van der Waals surface area contributed by atoms with E-state index in [1.54, 1.807) is 36.6 Å². The van der Waals surface area contributed by atoms with E-state index in [4.69, 9.17) is 0 Å². The number of imide groups is 2. The lowest BCUT2D eigenvalue weighted by molar-refractivity contribution is -0.385. The van der Waals surface area contributed by atoms with E-state index < -0.39 is 22.8 Å². The maximum absolute atomic E-state index is 11.9. The molecule has 2 N–H and O–H groups in total. The van der Waals surface area contributed by atoms with Crippen LogP contribution in [0.5, 0.6) is 0 Å². The van der Waals surface area contributed by atoms with Crippen LogP contribution in [-0.4, -0.2) is 27.3 Å². The van der Waals surface area contributed by atoms with Crippen molar-refractivity contribution in [2.24, 2.45) is 0 Å². The molecule has 0 unspecified atom stereocenters. The fourth-order valence-corrected chi connectivity index (χ4v) is 3.03. The number of aromatic nitrogens is 1. The van der Waals surface area contributed by atoms with Crippen LogP contribution >= 0.6 is 0 Å². The minimum absolute atomic E-state index is 0.00412. The van der Waals surface area contributed by atoms with Gasteiger partial charge < -0.3 is 4.57 Å². The second-order valence-electron chi connectivity index (χ2n) is 6.19. The molecule has 1 aromatic heterocycles. The van der Waals surface area contributed by atoms with Crippen LogP contribution in [0.25, 0.3) is 11.8 Å². The number of carbonyl (C=O) groups excluding carboxylic acids is 3. The smallest absolute Gasteiger partial charge is 0.318 e. The molecule has 1 aliphatic rings. The van der Waals surface area contributed by atoms with Crippen molar-refractivity contribution in [1.82, 2.24) is 15.2 Å². The Morgan fingerprint density at radius 3 is 2.26 bits per heavy atom. The third-order valence-electron chi connectivity index (χ3n) is 4.36. The van der Waals surface area contributed by atoms with Crippen LogP contribution in [0, 0.1) is 30.9 Å². The first-order chi connectivity index (χ1) is 12.7. The van der Waals surface area contributed by atoms with Crippen LogP contribution in [-0.2, 0) is 9.59 Å². The predicted molar refractivity (Wildman–Crippen MR) is 96.3 cm³/mol. The van der Waals surface area contributed by atoms with Gasteiger partial charge >= 0.3 is 6.03 Å². The first kappa shape index (κ1) is 18.1. The zero-order chi connectivity index (χ0) is 19.9. The normalized spacial score (nSPS) is 14.0. The van der Waals surface area contributed by atoms with Crippen molar-refractivity contribution < 1.29 is 19.3 Å². The standard InChI is InChI=1S/C18H16N4O5/c1-9-4-5-13(8-15(9)22(26)27)21-10(2)6-12(11(21)3)7-14-16(23)19-18(25)20-17(14)24/h4-8H,1-3H3,(H2,19,20,23,24,25). The average molecular weight is 368 g/mol. The summed E-state index contributed by atoms with van der Waals surface area (Å²) in [5.74, 6) is -1.56. The van der Waals surface area contributed by atoms with Crippen LogP contribution in [0.1, 0.15) is 22.5 Å². The van der Waals surface area contributed by atoms with Crippen molar-refractivity contribution >= 4 is 29.6 Å². The molecule has 138 valence electrons. The third-order valence-corrected chi connectivity index (χ3v) is 4.36. The van der Waals surface area contributed by atoms with E-state index in [9.17, 15) is 24.5 Å². The lowest BCUT2D eigenvalue weighted by atomic mass is 10.1. The van der Waals surface area contributed by atoms with Gasteiger partial charge in [-0.2, -0.15) is 0 Å². The van der Waals surface area contributed by atoms with Crippen molar-refractivity contribution in [2.45, 2.75) is 20.8 Å². The first-order valence-corrected chi connectivity index (χ1v) is 8.01. The van der Waals surface area contributed by atoms with Gasteiger partial charge in [-0.1, -0.05) is 6.07 Å². The monoisotopic (exact) mass is 368 g/mol. The highest BCUT2D eigenvalue weighted by Gasteiger charge is 2.28. The van der Waals surface area contributed by atoms with Crippen molar-refractivity contribution in [1.29, 1.82) is 0 Å². The minimum Gasteiger partial charge on any atom is -0.318 e. The fourth-order valence-electron chi connectivity index (χ4n) is 3.03. The molecule has 1 fully saturated rings. The Balaban J connectivity index is 2.09. The quantitative estimate of drug-likeness (QED) is 0.371. The van der Waals surface area contributed by atoms with E-state index in [0.717, 1.165) is 5.69 Å². The number of hydrogen-bond acceptors (Lipinski definition) is 5. The van der Waals surface area contributed by atoms with Gasteiger partial charge in [-0.3, -0.25) is 30.3 Å². The molecular weight excluding hydrogens is 352 g/mol. The number of aryl methyl sites for hydroxylation is 2. The highest BCUT2D eigenvalue weighted by molar-refractivity contribution is 6.31. The SMILES string of the molecule is Cc1ccc(-n2c(C)cc(C=C3C(=O)NC(=O)NC3=O)c2C)cc1[N+](=O)[O-]. The summed E-state index contributed by atoms with van der Waals surface area (Å²) in [4.78, 5) is 45.7. The lowest BCUT2D eigenvalue weighted by Crippen LogP contribution is -2.51. The maximum atomic E-state index is 11.9. The number of benzene rings is 1. The zero-order valence-electron chi connectivity index (χ0n) is 14.8. The van der Waals surface area contributed by atoms with Crippen LogP contribution in [0.4, 0.5) is 10.5 Å². The summed E-state index contributed by atoms with van der Waals surface area (Å²) in [5.41, 5.74) is 3.01. The Morgan fingerprint density at radius 1 is 1.04 bits per heavy atom. The predicted octanol–water partition coefficient (Wildman–Crippen LogP) is 2.06. The molecule has 27 heavy (non-hydrogen) atoms. The van der Waals surface area contributed by atoms with Crippen LogP contribution in [0.3, 0.4) is 0 Å². The number of carbonyl (C=O) groups is 3. The molecule has 0 bridgehead atoms. The van der Waals surface area contributed by atoms with Crippen LogP contribution < -0.4 is 10.6 Å². The molecule has 1 aliphatic heterocycles. The van der Waals surface area contributed by atoms with Gasteiger partial charge in [0.05, 0.1) is 10.6 Å². The number of barbiturate groups is 1. The number of nitrogens with zero attached hydrogens (tertiary/aromatic N) is 2. The first-order valence-electron chi connectivity index (χ1n) is 8.01. The number of nitro groups is 1. The molecule has 1 saturated heterocycles. The maximum Gasteiger partial charge on any atom is 0.328 e. The minimum atomic E-state index is -0.861. The zero-order valence-corrected chi connectivity index (χ0v) is 14.8. The lowest BCUT2D eigenvalue weighted by Gasteiger charge is -2.14. The number of nitrogens with one attached hydrogen (secondary N) is 2. The van der Waals surface area contributed by atoms with E-state index >= 15 is 0 Å². The molecule has 2 heterocycles. The largest absolute Gasteiger partial charge is 0.328 e. The number of hydrogen-bond donors (Lipinski definition) is 2. The average Bonchev–Trinajstić information content (AvgIpc) is 2.85. The molecule has 0 radical (unpaired) electrons. The molecule has 4 amide bonds. The molecule has 9 nitrogen and oxygen atoms in total. The number of nitro benzene ring substituents is 1. The second-order valence-corrected chi connectivity index (χ2v) is 6.19. The highest BCUT2D eigenvalue weighted by Crippen LogP contribution is 2.27. The Labute approximate surface area is 153 Å². The summed E-state index contributed by atoms with van der Waals surface area (Å²) in [6.45, 7) is 5.24. The topological polar surface area (TPSA) is 123 Å². The second kappa shape index (κ2) is 6.52. The van der Waals surface area contributed by atoms with E-state index in [1.807, 2.05) is 17.6 Å². The van der Waals surface area contributed by atoms with Crippen LogP contribution in [0.2, 0.25) is 0 Å². The molecule has 3 rings (SSSR count). The summed E-state index contributed by atoms with van der Waals surface area (Å²) < 4.78 is 1.79. The summed E-state index contributed by atoms with van der Waals surface area (Å²) >= 11 is 0.